The number of benzene rings is 2. The van der Waals surface area contributed by atoms with Gasteiger partial charge in [-0.1, -0.05) is 29.3 Å². The monoisotopic (exact) mass is 371 g/mol. The number of esters is 1. The highest BCUT2D eigenvalue weighted by atomic mass is 35.5. The van der Waals surface area contributed by atoms with Crippen molar-refractivity contribution in [3.8, 4) is 0 Å². The van der Waals surface area contributed by atoms with Gasteiger partial charge in [-0.15, -0.1) is 0 Å². The van der Waals surface area contributed by atoms with Crippen LogP contribution >= 0.6 is 11.6 Å². The molecule has 1 heterocycles. The van der Waals surface area contributed by atoms with Crippen molar-refractivity contribution < 1.29 is 19.1 Å². The first-order chi connectivity index (χ1) is 12.4. The third-order valence-electron chi connectivity index (χ3n) is 4.32. The molecule has 0 aliphatic carbocycles. The Morgan fingerprint density at radius 3 is 2.42 bits per heavy atom. The van der Waals surface area contributed by atoms with Crippen molar-refractivity contribution in [2.75, 3.05) is 18.1 Å². The lowest BCUT2D eigenvalue weighted by atomic mass is 10.1. The van der Waals surface area contributed by atoms with Crippen molar-refractivity contribution in [2.24, 2.45) is 5.92 Å². The van der Waals surface area contributed by atoms with E-state index in [0.717, 1.165) is 11.3 Å². The molecule has 6 heteroatoms. The molecule has 0 unspecified atom stereocenters. The van der Waals surface area contributed by atoms with E-state index in [4.69, 9.17) is 16.3 Å². The Kier molecular flexibility index (Phi) is 5.38. The molecule has 1 fully saturated rings. The summed E-state index contributed by atoms with van der Waals surface area (Å²) in [5.74, 6) is -1.54. The smallest absolute Gasteiger partial charge is 0.311 e. The topological polar surface area (TPSA) is 63.7 Å². The number of ether oxygens (including phenoxy) is 1. The zero-order chi connectivity index (χ0) is 18.7. The van der Waals surface area contributed by atoms with Crippen molar-refractivity contribution in [1.82, 2.24) is 0 Å². The quantitative estimate of drug-likeness (QED) is 0.596. The maximum absolute atomic E-state index is 12.2. The zero-order valence-electron chi connectivity index (χ0n) is 14.3. The maximum Gasteiger partial charge on any atom is 0.311 e. The molecule has 26 heavy (non-hydrogen) atoms. The first-order valence-electron chi connectivity index (χ1n) is 8.26. The molecular weight excluding hydrogens is 354 g/mol. The summed E-state index contributed by atoms with van der Waals surface area (Å²) in [5, 5.41) is 0.527. The van der Waals surface area contributed by atoms with E-state index in [9.17, 15) is 14.4 Å². The van der Waals surface area contributed by atoms with Crippen LogP contribution in [0.4, 0.5) is 5.69 Å². The minimum atomic E-state index is -0.568. The molecule has 1 aliphatic rings. The van der Waals surface area contributed by atoms with Gasteiger partial charge in [-0.25, -0.2) is 0 Å². The summed E-state index contributed by atoms with van der Waals surface area (Å²) >= 11 is 5.78. The molecule has 2 aromatic carbocycles. The summed E-state index contributed by atoms with van der Waals surface area (Å²) in [6.45, 7) is 1.87. The lowest BCUT2D eigenvalue weighted by Gasteiger charge is -2.16. The molecule has 3 rings (SSSR count). The third kappa shape index (κ3) is 4.11. The second-order valence-corrected chi connectivity index (χ2v) is 6.72. The van der Waals surface area contributed by atoms with Crippen LogP contribution in [0.1, 0.15) is 22.3 Å². The standard InChI is InChI=1S/C20H18ClNO4/c1-13-2-8-17(9-3-13)22-11-15(10-19(22)24)20(25)26-12-18(23)14-4-6-16(21)7-5-14/h2-9,15H,10-12H2,1H3/t15-/m1/s1. The number of hydrogen-bond acceptors (Lipinski definition) is 4. The highest BCUT2D eigenvalue weighted by Crippen LogP contribution is 2.26. The van der Waals surface area contributed by atoms with Gasteiger partial charge in [-0.05, 0) is 43.3 Å². The summed E-state index contributed by atoms with van der Waals surface area (Å²) < 4.78 is 5.12. The van der Waals surface area contributed by atoms with Gasteiger partial charge in [0.05, 0.1) is 5.92 Å². The first kappa shape index (κ1) is 18.1. The average molecular weight is 372 g/mol. The summed E-state index contributed by atoms with van der Waals surface area (Å²) in [4.78, 5) is 38.1. The molecule has 1 atom stereocenters. The van der Waals surface area contributed by atoms with Crippen LogP contribution in [0.15, 0.2) is 48.5 Å². The van der Waals surface area contributed by atoms with E-state index in [1.807, 2.05) is 31.2 Å². The Morgan fingerprint density at radius 1 is 1.12 bits per heavy atom. The number of carbonyl (C=O) groups is 3. The number of hydrogen-bond donors (Lipinski definition) is 0. The second kappa shape index (κ2) is 7.70. The molecule has 1 amide bonds. The summed E-state index contributed by atoms with van der Waals surface area (Å²) in [6, 6.07) is 13.9. The van der Waals surface area contributed by atoms with E-state index in [2.05, 4.69) is 0 Å². The van der Waals surface area contributed by atoms with Gasteiger partial charge in [0.2, 0.25) is 5.91 Å². The van der Waals surface area contributed by atoms with Gasteiger partial charge in [-0.3, -0.25) is 14.4 Å². The fraction of sp³-hybridized carbons (Fsp3) is 0.250. The van der Waals surface area contributed by atoms with Gasteiger partial charge in [-0.2, -0.15) is 0 Å². The molecule has 0 spiro atoms. The molecule has 0 N–H and O–H groups in total. The number of carbonyl (C=O) groups excluding carboxylic acids is 3. The highest BCUT2D eigenvalue weighted by Gasteiger charge is 2.36. The highest BCUT2D eigenvalue weighted by molar-refractivity contribution is 6.30. The molecule has 0 saturated carbocycles. The van der Waals surface area contributed by atoms with Crippen molar-refractivity contribution in [1.29, 1.82) is 0 Å². The number of halogens is 1. The van der Waals surface area contributed by atoms with Crippen LogP contribution in [-0.4, -0.2) is 30.8 Å². The Balaban J connectivity index is 1.57. The number of aryl methyl sites for hydroxylation is 1. The van der Waals surface area contributed by atoms with Crippen molar-refractivity contribution >= 4 is 34.9 Å². The molecule has 0 aromatic heterocycles. The van der Waals surface area contributed by atoms with Crippen molar-refractivity contribution in [3.63, 3.8) is 0 Å². The van der Waals surface area contributed by atoms with E-state index in [0.29, 0.717) is 10.6 Å². The Bertz CT molecular complexity index is 830. The number of nitrogens with zero attached hydrogens (tertiary/aromatic N) is 1. The van der Waals surface area contributed by atoms with Gasteiger partial charge < -0.3 is 9.64 Å². The fourth-order valence-corrected chi connectivity index (χ4v) is 2.94. The van der Waals surface area contributed by atoms with Gasteiger partial charge in [0.25, 0.3) is 0 Å². The number of amides is 1. The van der Waals surface area contributed by atoms with E-state index < -0.39 is 11.9 Å². The normalized spacial score (nSPS) is 16.6. The SMILES string of the molecule is Cc1ccc(N2C[C@H](C(=O)OCC(=O)c3ccc(Cl)cc3)CC2=O)cc1. The third-order valence-corrected chi connectivity index (χ3v) is 4.57. The van der Waals surface area contributed by atoms with E-state index in [1.54, 1.807) is 29.2 Å². The van der Waals surface area contributed by atoms with E-state index >= 15 is 0 Å². The number of rotatable bonds is 5. The second-order valence-electron chi connectivity index (χ2n) is 6.28. The van der Waals surface area contributed by atoms with Gasteiger partial charge in [0, 0.05) is 29.2 Å². The van der Waals surface area contributed by atoms with Crippen LogP contribution in [0.5, 0.6) is 0 Å². The largest absolute Gasteiger partial charge is 0.457 e. The lowest BCUT2D eigenvalue weighted by Crippen LogP contribution is -2.27. The van der Waals surface area contributed by atoms with Crippen LogP contribution in [0.3, 0.4) is 0 Å². The van der Waals surface area contributed by atoms with Gasteiger partial charge in [0.1, 0.15) is 0 Å². The predicted molar refractivity (Wildman–Crippen MR) is 98.4 cm³/mol. The Morgan fingerprint density at radius 2 is 1.77 bits per heavy atom. The maximum atomic E-state index is 12.2. The number of anilines is 1. The summed E-state index contributed by atoms with van der Waals surface area (Å²) in [7, 11) is 0. The van der Waals surface area contributed by atoms with Crippen LogP contribution in [0, 0.1) is 12.8 Å². The number of ketones is 1. The van der Waals surface area contributed by atoms with Crippen LogP contribution < -0.4 is 4.90 Å². The molecular formula is C20H18ClNO4. The Labute approximate surface area is 156 Å². The van der Waals surface area contributed by atoms with Crippen molar-refractivity contribution in [2.45, 2.75) is 13.3 Å². The average Bonchev–Trinajstić information content (AvgIpc) is 3.02. The van der Waals surface area contributed by atoms with E-state index in [1.165, 1.54) is 0 Å². The molecule has 1 aliphatic heterocycles. The molecule has 0 bridgehead atoms. The van der Waals surface area contributed by atoms with Crippen LogP contribution in [0.2, 0.25) is 5.02 Å². The Hall–Kier alpha value is -2.66. The summed E-state index contributed by atoms with van der Waals surface area (Å²) in [5.41, 5.74) is 2.27. The van der Waals surface area contributed by atoms with Crippen molar-refractivity contribution in [3.05, 3.63) is 64.7 Å². The predicted octanol–water partition coefficient (Wildman–Crippen LogP) is 3.43. The lowest BCUT2D eigenvalue weighted by molar-refractivity contribution is -0.147. The zero-order valence-corrected chi connectivity index (χ0v) is 15.0. The minimum absolute atomic E-state index is 0.0852. The molecule has 134 valence electrons. The van der Waals surface area contributed by atoms with E-state index in [-0.39, 0.29) is 31.3 Å². The minimum Gasteiger partial charge on any atom is -0.457 e. The van der Waals surface area contributed by atoms with Gasteiger partial charge in [0.15, 0.2) is 12.4 Å². The first-order valence-corrected chi connectivity index (χ1v) is 8.64. The summed E-state index contributed by atoms with van der Waals surface area (Å²) in [6.07, 6.45) is 0.0852. The van der Waals surface area contributed by atoms with Crippen LogP contribution in [0.25, 0.3) is 0 Å². The molecule has 0 radical (unpaired) electrons. The molecule has 1 saturated heterocycles. The fourth-order valence-electron chi connectivity index (χ4n) is 2.81. The van der Waals surface area contributed by atoms with Gasteiger partial charge >= 0.3 is 5.97 Å². The number of Topliss-reactive ketones (excluding diaryl/α,β-unsaturated/α-hetero) is 1. The molecule has 2 aromatic rings. The molecule has 5 nitrogen and oxygen atoms in total. The van der Waals surface area contributed by atoms with Crippen LogP contribution in [-0.2, 0) is 14.3 Å².